The Kier molecular flexibility index (Phi) is 7.18. The van der Waals surface area contributed by atoms with Crippen LogP contribution in [0.5, 0.6) is 5.88 Å². The van der Waals surface area contributed by atoms with Gasteiger partial charge in [-0.2, -0.15) is 4.98 Å². The van der Waals surface area contributed by atoms with Gasteiger partial charge < -0.3 is 15.8 Å². The van der Waals surface area contributed by atoms with Gasteiger partial charge in [-0.15, -0.1) is 0 Å². The van der Waals surface area contributed by atoms with E-state index in [9.17, 15) is 0 Å². The van der Waals surface area contributed by atoms with E-state index in [1.807, 2.05) is 19.9 Å². The molecule has 1 atom stereocenters. The van der Waals surface area contributed by atoms with E-state index in [1.165, 1.54) is 12.8 Å². The van der Waals surface area contributed by atoms with Crippen LogP contribution in [0.3, 0.4) is 0 Å². The zero-order chi connectivity index (χ0) is 14.1. The monoisotopic (exact) mass is 266 g/mol. The number of nitrogens with zero attached hydrogens (tertiary/aromatic N) is 2. The van der Waals surface area contributed by atoms with Crippen molar-refractivity contribution >= 4 is 5.82 Å². The Bertz CT molecular complexity index is 364. The summed E-state index contributed by atoms with van der Waals surface area (Å²) < 4.78 is 5.42. The molecule has 5 heteroatoms. The quantitative estimate of drug-likeness (QED) is 0.718. The summed E-state index contributed by atoms with van der Waals surface area (Å²) in [7, 11) is 0. The Morgan fingerprint density at radius 1 is 1.32 bits per heavy atom. The largest absolute Gasteiger partial charge is 0.478 e. The molecule has 1 heterocycles. The summed E-state index contributed by atoms with van der Waals surface area (Å²) in [5.74, 6) is 2.78. The maximum Gasteiger partial charge on any atom is 0.218 e. The first-order valence-corrected chi connectivity index (χ1v) is 7.12. The predicted octanol–water partition coefficient (Wildman–Crippen LogP) is 2.36. The summed E-state index contributed by atoms with van der Waals surface area (Å²) in [6.45, 7) is 8.26. The minimum absolute atomic E-state index is 0.598. The summed E-state index contributed by atoms with van der Waals surface area (Å²) in [4.78, 5) is 8.60. The molecule has 0 aliphatic heterocycles. The Balaban J connectivity index is 2.59. The van der Waals surface area contributed by atoms with Crippen LogP contribution in [0.25, 0.3) is 0 Å². The lowest BCUT2D eigenvalue weighted by Gasteiger charge is -2.16. The van der Waals surface area contributed by atoms with E-state index in [0.717, 1.165) is 31.2 Å². The molecule has 1 rings (SSSR count). The lowest BCUT2D eigenvalue weighted by atomic mass is 10.00. The van der Waals surface area contributed by atoms with Crippen LogP contribution < -0.4 is 15.8 Å². The summed E-state index contributed by atoms with van der Waals surface area (Å²) in [6.07, 6.45) is 3.41. The topological polar surface area (TPSA) is 73.1 Å². The number of nitrogens with one attached hydrogen (secondary N) is 1. The van der Waals surface area contributed by atoms with E-state index in [0.29, 0.717) is 18.4 Å². The Hall–Kier alpha value is -1.36. The molecule has 1 aromatic rings. The summed E-state index contributed by atoms with van der Waals surface area (Å²) in [6, 6.07) is 1.85. The summed E-state index contributed by atoms with van der Waals surface area (Å²) in [5.41, 5.74) is 5.64. The second-order valence-corrected chi connectivity index (χ2v) is 4.68. The zero-order valence-corrected chi connectivity index (χ0v) is 12.3. The van der Waals surface area contributed by atoms with Gasteiger partial charge in [0.05, 0.1) is 6.61 Å². The molecule has 3 N–H and O–H groups in total. The number of hydrogen-bond acceptors (Lipinski definition) is 5. The van der Waals surface area contributed by atoms with Crippen LogP contribution in [0, 0.1) is 12.8 Å². The first kappa shape index (κ1) is 15.7. The van der Waals surface area contributed by atoms with Gasteiger partial charge >= 0.3 is 0 Å². The average molecular weight is 266 g/mol. The number of aryl methyl sites for hydroxylation is 1. The molecule has 0 aromatic carbocycles. The van der Waals surface area contributed by atoms with Gasteiger partial charge in [0.15, 0.2) is 0 Å². The summed E-state index contributed by atoms with van der Waals surface area (Å²) in [5, 5.41) is 3.37. The van der Waals surface area contributed by atoms with E-state index in [-0.39, 0.29) is 0 Å². The van der Waals surface area contributed by atoms with Gasteiger partial charge in [0, 0.05) is 12.6 Å². The van der Waals surface area contributed by atoms with Gasteiger partial charge in [0.1, 0.15) is 11.6 Å². The molecule has 0 fully saturated rings. The van der Waals surface area contributed by atoms with Crippen LogP contribution >= 0.6 is 0 Å². The highest BCUT2D eigenvalue weighted by Gasteiger charge is 2.08. The Labute approximate surface area is 116 Å². The van der Waals surface area contributed by atoms with E-state index >= 15 is 0 Å². The molecule has 19 heavy (non-hydrogen) atoms. The lowest BCUT2D eigenvalue weighted by molar-refractivity contribution is 0.325. The molecule has 0 spiro atoms. The molecule has 0 aliphatic rings. The number of ether oxygens (including phenoxy) is 1. The van der Waals surface area contributed by atoms with Gasteiger partial charge in [-0.05, 0) is 39.2 Å². The summed E-state index contributed by atoms with van der Waals surface area (Å²) >= 11 is 0. The van der Waals surface area contributed by atoms with E-state index < -0.39 is 0 Å². The molecule has 0 bridgehead atoms. The van der Waals surface area contributed by atoms with Crippen molar-refractivity contribution in [2.24, 2.45) is 11.7 Å². The van der Waals surface area contributed by atoms with Crippen LogP contribution in [0.1, 0.15) is 38.9 Å². The molecule has 108 valence electrons. The number of aromatic nitrogens is 2. The van der Waals surface area contributed by atoms with Gasteiger partial charge in [0.25, 0.3) is 0 Å². The number of nitrogens with two attached hydrogens (primary N) is 1. The number of rotatable bonds is 9. The molecule has 1 aromatic heterocycles. The maximum atomic E-state index is 5.64. The molecular formula is C14H26N4O. The fourth-order valence-electron chi connectivity index (χ4n) is 2.09. The van der Waals surface area contributed by atoms with E-state index in [2.05, 4.69) is 22.2 Å². The first-order valence-electron chi connectivity index (χ1n) is 7.12. The van der Waals surface area contributed by atoms with E-state index in [4.69, 9.17) is 10.5 Å². The smallest absolute Gasteiger partial charge is 0.218 e. The van der Waals surface area contributed by atoms with Gasteiger partial charge in [-0.3, -0.25) is 0 Å². The predicted molar refractivity (Wildman–Crippen MR) is 78.5 cm³/mol. The molecule has 5 nitrogen and oxygen atoms in total. The molecule has 0 amide bonds. The fourth-order valence-corrected chi connectivity index (χ4v) is 2.09. The number of hydrogen-bond donors (Lipinski definition) is 2. The van der Waals surface area contributed by atoms with Crippen LogP contribution in [0.2, 0.25) is 0 Å². The highest BCUT2D eigenvalue weighted by Crippen LogP contribution is 2.16. The molecule has 0 radical (unpaired) electrons. The SMILES string of the molecule is CCCC(CCN)CNc1cc(OCC)nc(C)n1. The van der Waals surface area contributed by atoms with E-state index in [1.54, 1.807) is 0 Å². The Morgan fingerprint density at radius 2 is 2.11 bits per heavy atom. The third-order valence-electron chi connectivity index (χ3n) is 2.95. The third kappa shape index (κ3) is 5.87. The first-order chi connectivity index (χ1) is 9.19. The van der Waals surface area contributed by atoms with Crippen molar-refractivity contribution in [2.45, 2.75) is 40.0 Å². The van der Waals surface area contributed by atoms with Crippen molar-refractivity contribution in [3.05, 3.63) is 11.9 Å². The van der Waals surface area contributed by atoms with Crippen molar-refractivity contribution in [1.29, 1.82) is 0 Å². The molecular weight excluding hydrogens is 240 g/mol. The van der Waals surface area contributed by atoms with Crippen molar-refractivity contribution < 1.29 is 4.74 Å². The normalized spacial score (nSPS) is 12.2. The molecule has 0 saturated heterocycles. The minimum atomic E-state index is 0.598. The highest BCUT2D eigenvalue weighted by molar-refractivity contribution is 5.38. The molecule has 1 unspecified atom stereocenters. The zero-order valence-electron chi connectivity index (χ0n) is 12.3. The average Bonchev–Trinajstić information content (AvgIpc) is 2.36. The fraction of sp³-hybridized carbons (Fsp3) is 0.714. The second kappa shape index (κ2) is 8.69. The van der Waals surface area contributed by atoms with Crippen molar-refractivity contribution in [3.63, 3.8) is 0 Å². The van der Waals surface area contributed by atoms with Gasteiger partial charge in [0.2, 0.25) is 5.88 Å². The van der Waals surface area contributed by atoms with Crippen molar-refractivity contribution in [2.75, 3.05) is 25.0 Å². The van der Waals surface area contributed by atoms with Crippen molar-refractivity contribution in [3.8, 4) is 5.88 Å². The van der Waals surface area contributed by atoms with Crippen LogP contribution in [0.15, 0.2) is 6.07 Å². The van der Waals surface area contributed by atoms with Gasteiger partial charge in [-0.25, -0.2) is 4.98 Å². The number of anilines is 1. The Morgan fingerprint density at radius 3 is 2.74 bits per heavy atom. The maximum absolute atomic E-state index is 5.64. The third-order valence-corrected chi connectivity index (χ3v) is 2.95. The van der Waals surface area contributed by atoms with Crippen LogP contribution in [-0.4, -0.2) is 29.7 Å². The highest BCUT2D eigenvalue weighted by atomic mass is 16.5. The standard InChI is InChI=1S/C14H26N4O/c1-4-6-12(7-8-15)10-16-13-9-14(19-5-2)18-11(3)17-13/h9,12H,4-8,10,15H2,1-3H3,(H,16,17,18). The lowest BCUT2D eigenvalue weighted by Crippen LogP contribution is -2.18. The minimum Gasteiger partial charge on any atom is -0.478 e. The van der Waals surface area contributed by atoms with Crippen LogP contribution in [-0.2, 0) is 0 Å². The van der Waals surface area contributed by atoms with Gasteiger partial charge in [-0.1, -0.05) is 13.3 Å². The molecule has 0 saturated carbocycles. The second-order valence-electron chi connectivity index (χ2n) is 4.68. The molecule has 0 aliphatic carbocycles. The van der Waals surface area contributed by atoms with Crippen LogP contribution in [0.4, 0.5) is 5.82 Å². The van der Waals surface area contributed by atoms with Crippen molar-refractivity contribution in [1.82, 2.24) is 9.97 Å².